The molecule has 4 heteroatoms. The van der Waals surface area contributed by atoms with Crippen LogP contribution in [0.5, 0.6) is 0 Å². The minimum absolute atomic E-state index is 0.812. The summed E-state index contributed by atoms with van der Waals surface area (Å²) >= 11 is 0. The maximum Gasteiger partial charge on any atom is 0.138 e. The molecule has 0 radical (unpaired) electrons. The standard InChI is InChI=1S/C11H20N4/c1-2-4-10(5-3-1)6-7-12-8-11-13-9-14-15-11/h9-10,12H,1-8H2,(H,13,14,15). The number of H-pyrrole nitrogens is 1. The van der Waals surface area contributed by atoms with Crippen LogP contribution < -0.4 is 5.32 Å². The maximum absolute atomic E-state index is 4.07. The van der Waals surface area contributed by atoms with Crippen molar-refractivity contribution in [1.82, 2.24) is 20.5 Å². The fourth-order valence-electron chi connectivity index (χ4n) is 2.30. The lowest BCUT2D eigenvalue weighted by molar-refractivity contribution is 0.333. The van der Waals surface area contributed by atoms with E-state index in [1.54, 1.807) is 6.33 Å². The van der Waals surface area contributed by atoms with E-state index in [-0.39, 0.29) is 0 Å². The van der Waals surface area contributed by atoms with Crippen molar-refractivity contribution in [1.29, 1.82) is 0 Å². The van der Waals surface area contributed by atoms with Crippen LogP contribution in [0.2, 0.25) is 0 Å². The quantitative estimate of drug-likeness (QED) is 0.726. The summed E-state index contributed by atoms with van der Waals surface area (Å²) in [4.78, 5) is 4.07. The average molecular weight is 208 g/mol. The third-order valence-electron chi connectivity index (χ3n) is 3.21. The van der Waals surface area contributed by atoms with Crippen molar-refractivity contribution in [2.75, 3.05) is 6.54 Å². The smallest absolute Gasteiger partial charge is 0.138 e. The zero-order valence-corrected chi connectivity index (χ0v) is 9.21. The summed E-state index contributed by atoms with van der Waals surface area (Å²) in [6.45, 7) is 1.91. The first-order chi connectivity index (χ1) is 7.45. The van der Waals surface area contributed by atoms with Gasteiger partial charge >= 0.3 is 0 Å². The summed E-state index contributed by atoms with van der Waals surface area (Å²) in [5.74, 6) is 1.89. The lowest BCUT2D eigenvalue weighted by atomic mass is 9.87. The minimum Gasteiger partial charge on any atom is -0.310 e. The van der Waals surface area contributed by atoms with Gasteiger partial charge in [0.15, 0.2) is 0 Å². The van der Waals surface area contributed by atoms with Crippen molar-refractivity contribution >= 4 is 0 Å². The van der Waals surface area contributed by atoms with Crippen molar-refractivity contribution in [3.8, 4) is 0 Å². The van der Waals surface area contributed by atoms with E-state index in [1.165, 1.54) is 38.5 Å². The Morgan fingerprint density at radius 2 is 2.20 bits per heavy atom. The highest BCUT2D eigenvalue weighted by Gasteiger charge is 2.12. The van der Waals surface area contributed by atoms with Crippen LogP contribution in [0.4, 0.5) is 0 Å². The lowest BCUT2D eigenvalue weighted by Gasteiger charge is -2.21. The van der Waals surface area contributed by atoms with Gasteiger partial charge in [-0.05, 0) is 18.9 Å². The molecule has 1 aliphatic carbocycles. The van der Waals surface area contributed by atoms with Gasteiger partial charge in [0.1, 0.15) is 12.2 Å². The van der Waals surface area contributed by atoms with Crippen LogP contribution in [-0.4, -0.2) is 21.7 Å². The van der Waals surface area contributed by atoms with Gasteiger partial charge in [0.2, 0.25) is 0 Å². The van der Waals surface area contributed by atoms with Crippen LogP contribution in [0.3, 0.4) is 0 Å². The van der Waals surface area contributed by atoms with Gasteiger partial charge in [0.25, 0.3) is 0 Å². The fourth-order valence-corrected chi connectivity index (χ4v) is 2.30. The molecule has 1 aliphatic rings. The zero-order valence-electron chi connectivity index (χ0n) is 9.21. The zero-order chi connectivity index (χ0) is 10.3. The van der Waals surface area contributed by atoms with E-state index >= 15 is 0 Å². The maximum atomic E-state index is 4.07. The van der Waals surface area contributed by atoms with Crippen LogP contribution in [0.15, 0.2) is 6.33 Å². The van der Waals surface area contributed by atoms with Gasteiger partial charge < -0.3 is 5.32 Å². The van der Waals surface area contributed by atoms with Crippen LogP contribution >= 0.6 is 0 Å². The molecule has 1 heterocycles. The largest absolute Gasteiger partial charge is 0.310 e. The number of aromatic nitrogens is 3. The fraction of sp³-hybridized carbons (Fsp3) is 0.818. The third-order valence-corrected chi connectivity index (χ3v) is 3.21. The molecule has 0 bridgehead atoms. The molecule has 4 nitrogen and oxygen atoms in total. The molecule has 0 spiro atoms. The Morgan fingerprint density at radius 1 is 1.33 bits per heavy atom. The summed E-state index contributed by atoms with van der Waals surface area (Å²) in [6.07, 6.45) is 10.1. The molecule has 84 valence electrons. The SMILES string of the molecule is c1n[nH]c(CNCCC2CCCCC2)n1. The molecular formula is C11H20N4. The summed E-state index contributed by atoms with van der Waals surface area (Å²) in [7, 11) is 0. The third kappa shape index (κ3) is 3.63. The van der Waals surface area contributed by atoms with Crippen molar-refractivity contribution in [2.24, 2.45) is 5.92 Å². The molecule has 0 aromatic carbocycles. The van der Waals surface area contributed by atoms with Crippen LogP contribution in [0.25, 0.3) is 0 Å². The Hall–Kier alpha value is -0.900. The number of nitrogens with one attached hydrogen (secondary N) is 2. The highest BCUT2D eigenvalue weighted by molar-refractivity contribution is 4.78. The first-order valence-corrected chi connectivity index (χ1v) is 6.00. The molecule has 0 unspecified atom stereocenters. The van der Waals surface area contributed by atoms with Gasteiger partial charge in [0, 0.05) is 0 Å². The van der Waals surface area contributed by atoms with Crippen LogP contribution in [-0.2, 0) is 6.54 Å². The van der Waals surface area contributed by atoms with E-state index in [9.17, 15) is 0 Å². The predicted molar refractivity (Wildman–Crippen MR) is 59.3 cm³/mol. The highest BCUT2D eigenvalue weighted by atomic mass is 15.2. The Labute approximate surface area is 90.9 Å². The van der Waals surface area contributed by atoms with E-state index in [4.69, 9.17) is 0 Å². The Morgan fingerprint density at radius 3 is 2.93 bits per heavy atom. The normalized spacial score (nSPS) is 18.1. The summed E-state index contributed by atoms with van der Waals surface area (Å²) in [6, 6.07) is 0. The summed E-state index contributed by atoms with van der Waals surface area (Å²) in [5, 5.41) is 10.1. The topological polar surface area (TPSA) is 53.6 Å². The van der Waals surface area contributed by atoms with Gasteiger partial charge in [-0.15, -0.1) is 0 Å². The molecular weight excluding hydrogens is 188 g/mol. The molecule has 15 heavy (non-hydrogen) atoms. The second kappa shape index (κ2) is 5.85. The van der Waals surface area contributed by atoms with E-state index in [2.05, 4.69) is 20.5 Å². The van der Waals surface area contributed by atoms with Crippen molar-refractivity contribution < 1.29 is 0 Å². The molecule has 1 fully saturated rings. The number of rotatable bonds is 5. The van der Waals surface area contributed by atoms with Gasteiger partial charge in [-0.3, -0.25) is 5.10 Å². The number of hydrogen-bond donors (Lipinski definition) is 2. The molecule has 0 saturated heterocycles. The van der Waals surface area contributed by atoms with E-state index in [1.807, 2.05) is 0 Å². The molecule has 2 rings (SSSR count). The number of nitrogens with zero attached hydrogens (tertiary/aromatic N) is 2. The molecule has 0 amide bonds. The van der Waals surface area contributed by atoms with Crippen molar-refractivity contribution in [3.05, 3.63) is 12.2 Å². The van der Waals surface area contributed by atoms with Crippen LogP contribution in [0.1, 0.15) is 44.3 Å². The second-order valence-electron chi connectivity index (χ2n) is 4.40. The minimum atomic E-state index is 0.812. The summed E-state index contributed by atoms with van der Waals surface area (Å²) in [5.41, 5.74) is 0. The molecule has 2 N–H and O–H groups in total. The second-order valence-corrected chi connectivity index (χ2v) is 4.40. The monoisotopic (exact) mass is 208 g/mol. The summed E-state index contributed by atoms with van der Waals surface area (Å²) < 4.78 is 0. The number of aromatic amines is 1. The average Bonchev–Trinajstić information content (AvgIpc) is 2.79. The number of hydrogen-bond acceptors (Lipinski definition) is 3. The Balaban J connectivity index is 1.54. The van der Waals surface area contributed by atoms with Gasteiger partial charge in [-0.2, -0.15) is 5.10 Å². The lowest BCUT2D eigenvalue weighted by Crippen LogP contribution is -2.19. The Bertz CT molecular complexity index is 252. The first kappa shape index (κ1) is 10.6. The van der Waals surface area contributed by atoms with E-state index in [0.29, 0.717) is 0 Å². The highest BCUT2D eigenvalue weighted by Crippen LogP contribution is 2.25. The van der Waals surface area contributed by atoms with Gasteiger partial charge in [-0.1, -0.05) is 32.1 Å². The van der Waals surface area contributed by atoms with E-state index in [0.717, 1.165) is 24.8 Å². The molecule has 1 aromatic rings. The molecule has 0 atom stereocenters. The van der Waals surface area contributed by atoms with Gasteiger partial charge in [-0.25, -0.2) is 4.98 Å². The van der Waals surface area contributed by atoms with E-state index < -0.39 is 0 Å². The molecule has 1 aromatic heterocycles. The predicted octanol–water partition coefficient (Wildman–Crippen LogP) is 1.86. The van der Waals surface area contributed by atoms with Crippen LogP contribution in [0, 0.1) is 5.92 Å². The molecule has 0 aliphatic heterocycles. The van der Waals surface area contributed by atoms with Crippen molar-refractivity contribution in [2.45, 2.75) is 45.1 Å². The Kier molecular flexibility index (Phi) is 4.14. The van der Waals surface area contributed by atoms with Crippen molar-refractivity contribution in [3.63, 3.8) is 0 Å². The first-order valence-electron chi connectivity index (χ1n) is 6.00. The van der Waals surface area contributed by atoms with Gasteiger partial charge in [0.05, 0.1) is 6.54 Å². The molecule has 1 saturated carbocycles.